The van der Waals surface area contributed by atoms with Crippen molar-refractivity contribution in [1.82, 2.24) is 5.32 Å². The zero-order valence-corrected chi connectivity index (χ0v) is 10.5. The maximum absolute atomic E-state index is 11.4. The van der Waals surface area contributed by atoms with E-state index in [0.717, 1.165) is 13.0 Å². The van der Waals surface area contributed by atoms with Crippen molar-refractivity contribution in [2.75, 3.05) is 26.0 Å². The molecule has 4 heteroatoms. The number of carbonyl (C=O) groups is 1. The summed E-state index contributed by atoms with van der Waals surface area (Å²) in [5.41, 5.74) is 0. The monoisotopic (exact) mass is 231 g/mol. The summed E-state index contributed by atoms with van der Waals surface area (Å²) in [5, 5.41) is 2.95. The molecule has 0 bridgehead atoms. The van der Waals surface area contributed by atoms with Crippen LogP contribution in [0.5, 0.6) is 0 Å². The van der Waals surface area contributed by atoms with Gasteiger partial charge in [0.25, 0.3) is 0 Å². The minimum absolute atomic E-state index is 0.0174. The minimum Gasteiger partial charge on any atom is -0.372 e. The molecule has 0 atom stereocenters. The highest BCUT2D eigenvalue weighted by molar-refractivity contribution is 8.00. The van der Waals surface area contributed by atoms with Gasteiger partial charge < -0.3 is 10.1 Å². The summed E-state index contributed by atoms with van der Waals surface area (Å²) in [6, 6.07) is 0. The quantitative estimate of drug-likeness (QED) is 0.679. The van der Waals surface area contributed by atoms with Gasteiger partial charge in [0.1, 0.15) is 6.61 Å². The Morgan fingerprint density at radius 3 is 2.73 bits per heavy atom. The van der Waals surface area contributed by atoms with Crippen LogP contribution in [0.4, 0.5) is 0 Å². The first kappa shape index (κ1) is 12.8. The second-order valence-corrected chi connectivity index (χ2v) is 5.34. The molecule has 0 aliphatic heterocycles. The summed E-state index contributed by atoms with van der Waals surface area (Å²) in [7, 11) is 0. The van der Waals surface area contributed by atoms with Crippen molar-refractivity contribution in [3.05, 3.63) is 0 Å². The lowest BCUT2D eigenvalue weighted by molar-refractivity contribution is -0.125. The van der Waals surface area contributed by atoms with Crippen LogP contribution in [0.1, 0.15) is 32.6 Å². The van der Waals surface area contributed by atoms with Crippen molar-refractivity contribution in [3.8, 4) is 0 Å². The Bertz CT molecular complexity index is 199. The van der Waals surface area contributed by atoms with Crippen molar-refractivity contribution in [3.63, 3.8) is 0 Å². The van der Waals surface area contributed by atoms with Crippen molar-refractivity contribution in [2.45, 2.75) is 37.4 Å². The van der Waals surface area contributed by atoms with Gasteiger partial charge in [-0.1, -0.05) is 13.3 Å². The van der Waals surface area contributed by atoms with Gasteiger partial charge in [0.15, 0.2) is 0 Å². The third kappa shape index (κ3) is 4.03. The molecule has 1 aliphatic rings. The van der Waals surface area contributed by atoms with Gasteiger partial charge in [-0.15, -0.1) is 0 Å². The van der Waals surface area contributed by atoms with Crippen LogP contribution in [-0.2, 0) is 9.53 Å². The zero-order chi connectivity index (χ0) is 11.1. The molecular formula is C11H21NO2S. The van der Waals surface area contributed by atoms with E-state index < -0.39 is 0 Å². The van der Waals surface area contributed by atoms with E-state index in [9.17, 15) is 4.79 Å². The largest absolute Gasteiger partial charge is 0.372 e. The maximum atomic E-state index is 11.4. The number of rotatable bonds is 7. The van der Waals surface area contributed by atoms with Crippen LogP contribution in [0, 0.1) is 0 Å². The van der Waals surface area contributed by atoms with Gasteiger partial charge in [-0.25, -0.2) is 0 Å². The van der Waals surface area contributed by atoms with Crippen molar-refractivity contribution >= 4 is 17.7 Å². The fourth-order valence-electron chi connectivity index (χ4n) is 1.64. The van der Waals surface area contributed by atoms with Gasteiger partial charge >= 0.3 is 0 Å². The molecule has 1 saturated carbocycles. The molecule has 1 amide bonds. The second kappa shape index (κ2) is 6.38. The van der Waals surface area contributed by atoms with Gasteiger partial charge in [-0.3, -0.25) is 4.79 Å². The summed E-state index contributed by atoms with van der Waals surface area (Å²) < 4.78 is 5.50. The molecule has 1 N–H and O–H groups in total. The first-order chi connectivity index (χ1) is 7.22. The summed E-state index contributed by atoms with van der Waals surface area (Å²) >= 11 is 1.87. The molecule has 1 fully saturated rings. The number of ether oxygens (including phenoxy) is 1. The molecule has 0 aromatic rings. The van der Waals surface area contributed by atoms with E-state index in [1.807, 2.05) is 18.7 Å². The molecule has 0 heterocycles. The lowest BCUT2D eigenvalue weighted by Crippen LogP contribution is -2.46. The zero-order valence-electron chi connectivity index (χ0n) is 9.67. The summed E-state index contributed by atoms with van der Waals surface area (Å²) in [5.74, 6) is 0.0174. The van der Waals surface area contributed by atoms with E-state index in [-0.39, 0.29) is 12.5 Å². The van der Waals surface area contributed by atoms with E-state index in [0.29, 0.717) is 11.4 Å². The smallest absolute Gasteiger partial charge is 0.246 e. The molecule has 0 spiro atoms. The molecular weight excluding hydrogens is 210 g/mol. The predicted octanol–water partition coefficient (Wildman–Crippen LogP) is 1.81. The molecule has 1 aliphatic carbocycles. The number of nitrogens with one attached hydrogen (secondary N) is 1. The first-order valence-corrected chi connectivity index (χ1v) is 6.84. The molecule has 0 unspecified atom stereocenters. The van der Waals surface area contributed by atoms with E-state index in [1.54, 1.807) is 0 Å². The molecule has 1 rings (SSSR count). The number of hydrogen-bond acceptors (Lipinski definition) is 3. The Labute approximate surface area is 96.3 Å². The third-order valence-electron chi connectivity index (χ3n) is 2.89. The standard InChI is InChI=1S/C11H21NO2S/c1-3-7-14-8-10(13)12-9-11(15-2)5-4-6-11/h3-9H2,1-2H3,(H,12,13). The highest BCUT2D eigenvalue weighted by Crippen LogP contribution is 2.42. The van der Waals surface area contributed by atoms with Crippen LogP contribution in [-0.4, -0.2) is 36.7 Å². The highest BCUT2D eigenvalue weighted by Gasteiger charge is 2.36. The second-order valence-electron chi connectivity index (χ2n) is 4.07. The Morgan fingerprint density at radius 2 is 2.27 bits per heavy atom. The number of carbonyl (C=O) groups excluding carboxylic acids is 1. The minimum atomic E-state index is 0.0174. The van der Waals surface area contributed by atoms with Gasteiger partial charge in [0.05, 0.1) is 0 Å². The lowest BCUT2D eigenvalue weighted by Gasteiger charge is -2.40. The fourth-order valence-corrected chi connectivity index (χ4v) is 2.56. The molecule has 0 radical (unpaired) electrons. The van der Waals surface area contributed by atoms with Crippen LogP contribution >= 0.6 is 11.8 Å². The maximum Gasteiger partial charge on any atom is 0.246 e. The third-order valence-corrected chi connectivity index (χ3v) is 4.31. The molecule has 0 aromatic carbocycles. The summed E-state index contributed by atoms with van der Waals surface area (Å²) in [4.78, 5) is 11.4. The average molecular weight is 231 g/mol. The van der Waals surface area contributed by atoms with Gasteiger partial charge in [0, 0.05) is 17.9 Å². The van der Waals surface area contributed by atoms with E-state index in [4.69, 9.17) is 4.74 Å². The van der Waals surface area contributed by atoms with E-state index in [1.165, 1.54) is 19.3 Å². The normalized spacial score (nSPS) is 18.3. The van der Waals surface area contributed by atoms with E-state index >= 15 is 0 Å². The first-order valence-electron chi connectivity index (χ1n) is 5.62. The average Bonchev–Trinajstić information content (AvgIpc) is 2.17. The van der Waals surface area contributed by atoms with Crippen LogP contribution in [0.2, 0.25) is 0 Å². The topological polar surface area (TPSA) is 38.3 Å². The summed E-state index contributed by atoms with van der Waals surface area (Å²) in [6.45, 7) is 3.71. The number of thioether (sulfide) groups is 1. The molecule has 15 heavy (non-hydrogen) atoms. The number of hydrogen-bond donors (Lipinski definition) is 1. The van der Waals surface area contributed by atoms with E-state index in [2.05, 4.69) is 11.6 Å². The molecule has 88 valence electrons. The SMILES string of the molecule is CCCOCC(=O)NCC1(SC)CCC1. The highest BCUT2D eigenvalue weighted by atomic mass is 32.2. The van der Waals surface area contributed by atoms with Crippen LogP contribution in [0.3, 0.4) is 0 Å². The Kier molecular flexibility index (Phi) is 5.47. The van der Waals surface area contributed by atoms with Crippen molar-refractivity contribution in [1.29, 1.82) is 0 Å². The Hall–Kier alpha value is -0.220. The van der Waals surface area contributed by atoms with Crippen molar-refractivity contribution < 1.29 is 9.53 Å². The van der Waals surface area contributed by atoms with Crippen LogP contribution < -0.4 is 5.32 Å². The van der Waals surface area contributed by atoms with Crippen LogP contribution in [0.15, 0.2) is 0 Å². The van der Waals surface area contributed by atoms with Gasteiger partial charge in [-0.05, 0) is 25.5 Å². The Balaban J connectivity index is 2.10. The fraction of sp³-hybridized carbons (Fsp3) is 0.909. The van der Waals surface area contributed by atoms with Gasteiger partial charge in [-0.2, -0.15) is 11.8 Å². The lowest BCUT2D eigenvalue weighted by atomic mass is 9.84. The Morgan fingerprint density at radius 1 is 1.53 bits per heavy atom. The van der Waals surface area contributed by atoms with Gasteiger partial charge in [0.2, 0.25) is 5.91 Å². The summed E-state index contributed by atoms with van der Waals surface area (Å²) in [6.07, 6.45) is 6.83. The number of amides is 1. The molecule has 0 saturated heterocycles. The van der Waals surface area contributed by atoms with Crippen LogP contribution in [0.25, 0.3) is 0 Å². The predicted molar refractivity (Wildman–Crippen MR) is 64.2 cm³/mol. The van der Waals surface area contributed by atoms with Crippen molar-refractivity contribution in [2.24, 2.45) is 0 Å². The molecule has 3 nitrogen and oxygen atoms in total. The molecule has 0 aromatic heterocycles.